The number of aromatic nitrogens is 2. The van der Waals surface area contributed by atoms with Crippen LogP contribution >= 0.6 is 11.6 Å². The molecule has 0 fully saturated rings. The van der Waals surface area contributed by atoms with Crippen LogP contribution in [0.1, 0.15) is 0 Å². The van der Waals surface area contributed by atoms with Gasteiger partial charge in [0, 0.05) is 6.07 Å². The first-order chi connectivity index (χ1) is 5.79. The van der Waals surface area contributed by atoms with Crippen LogP contribution in [0.25, 0.3) is 5.52 Å². The Bertz CT molecular complexity index is 410. The van der Waals surface area contributed by atoms with Gasteiger partial charge in [-0.1, -0.05) is 11.6 Å². The van der Waals surface area contributed by atoms with Crippen LogP contribution in [0.3, 0.4) is 0 Å². The van der Waals surface area contributed by atoms with E-state index in [-0.39, 0.29) is 0 Å². The summed E-state index contributed by atoms with van der Waals surface area (Å²) in [5.74, 6) is 0.766. The van der Waals surface area contributed by atoms with E-state index in [0.717, 1.165) is 11.3 Å². The maximum Gasteiger partial charge on any atom is 0.152 e. The summed E-state index contributed by atoms with van der Waals surface area (Å²) in [7, 11) is 1.62. The summed E-state index contributed by atoms with van der Waals surface area (Å²) in [6.07, 6.45) is 1.78. The van der Waals surface area contributed by atoms with Crippen LogP contribution in [0.5, 0.6) is 5.75 Å². The zero-order chi connectivity index (χ0) is 8.55. The summed E-state index contributed by atoms with van der Waals surface area (Å²) in [6, 6.07) is 5.56. The van der Waals surface area contributed by atoms with Gasteiger partial charge in [-0.3, -0.25) is 0 Å². The Balaban J connectivity index is 2.66. The van der Waals surface area contributed by atoms with Crippen LogP contribution in [-0.4, -0.2) is 16.7 Å². The molecule has 0 aliphatic carbocycles. The second-order valence-corrected chi connectivity index (χ2v) is 2.79. The molecule has 0 spiro atoms. The molecule has 0 atom stereocenters. The average Bonchev–Trinajstić information content (AvgIpc) is 2.43. The number of nitrogens with zero attached hydrogens (tertiary/aromatic N) is 2. The molecular formula is C8H7ClN2O. The van der Waals surface area contributed by atoms with Crippen molar-refractivity contribution in [2.24, 2.45) is 0 Å². The molecule has 4 heteroatoms. The van der Waals surface area contributed by atoms with Gasteiger partial charge in [0.2, 0.25) is 0 Å². The van der Waals surface area contributed by atoms with Gasteiger partial charge in [-0.05, 0) is 12.1 Å². The van der Waals surface area contributed by atoms with Crippen LogP contribution in [0, 0.1) is 0 Å². The number of methoxy groups -OCH3 is 1. The number of halogens is 1. The van der Waals surface area contributed by atoms with Crippen LogP contribution in [0.2, 0.25) is 5.15 Å². The van der Waals surface area contributed by atoms with E-state index in [2.05, 4.69) is 5.10 Å². The third-order valence-electron chi connectivity index (χ3n) is 1.64. The molecule has 0 aliphatic heterocycles. The lowest BCUT2D eigenvalue weighted by molar-refractivity contribution is 0.411. The predicted molar refractivity (Wildman–Crippen MR) is 46.8 cm³/mol. The number of hydrogen-bond acceptors (Lipinski definition) is 2. The second-order valence-electron chi connectivity index (χ2n) is 2.41. The lowest BCUT2D eigenvalue weighted by atomic mass is 10.4. The van der Waals surface area contributed by atoms with Crippen molar-refractivity contribution in [3.63, 3.8) is 0 Å². The predicted octanol–water partition coefficient (Wildman–Crippen LogP) is 2.00. The third kappa shape index (κ3) is 1.12. The molecule has 2 heterocycles. The van der Waals surface area contributed by atoms with E-state index in [1.165, 1.54) is 0 Å². The van der Waals surface area contributed by atoms with Gasteiger partial charge in [-0.2, -0.15) is 5.10 Å². The molecule has 0 bridgehead atoms. The first-order valence-electron chi connectivity index (χ1n) is 3.48. The Labute approximate surface area is 74.5 Å². The monoisotopic (exact) mass is 182 g/mol. The van der Waals surface area contributed by atoms with Crippen molar-refractivity contribution in [2.75, 3.05) is 7.11 Å². The van der Waals surface area contributed by atoms with E-state index in [4.69, 9.17) is 16.3 Å². The van der Waals surface area contributed by atoms with Crippen LogP contribution < -0.4 is 4.74 Å². The van der Waals surface area contributed by atoms with E-state index >= 15 is 0 Å². The number of pyridine rings is 1. The number of rotatable bonds is 1. The van der Waals surface area contributed by atoms with Gasteiger partial charge in [-0.15, -0.1) is 0 Å². The van der Waals surface area contributed by atoms with E-state index in [1.54, 1.807) is 23.9 Å². The molecule has 0 radical (unpaired) electrons. The van der Waals surface area contributed by atoms with Gasteiger partial charge in [0.05, 0.1) is 18.8 Å². The Morgan fingerprint density at radius 3 is 3.08 bits per heavy atom. The molecule has 2 aromatic heterocycles. The third-order valence-corrected chi connectivity index (χ3v) is 1.82. The van der Waals surface area contributed by atoms with Crippen molar-refractivity contribution in [3.8, 4) is 5.75 Å². The number of fused-ring (bicyclic) bond motifs is 1. The minimum atomic E-state index is 0.489. The van der Waals surface area contributed by atoms with E-state index in [1.807, 2.05) is 12.1 Å². The normalized spacial score (nSPS) is 10.5. The molecular weight excluding hydrogens is 176 g/mol. The summed E-state index contributed by atoms with van der Waals surface area (Å²) in [6.45, 7) is 0. The molecule has 0 unspecified atom stereocenters. The lowest BCUT2D eigenvalue weighted by Crippen LogP contribution is -1.89. The summed E-state index contributed by atoms with van der Waals surface area (Å²) in [5.41, 5.74) is 0.959. The molecule has 0 aromatic carbocycles. The fourth-order valence-electron chi connectivity index (χ4n) is 1.06. The van der Waals surface area contributed by atoms with Gasteiger partial charge in [0.15, 0.2) is 5.15 Å². The molecule has 12 heavy (non-hydrogen) atoms. The molecule has 62 valence electrons. The van der Waals surface area contributed by atoms with Gasteiger partial charge in [0.1, 0.15) is 5.75 Å². The van der Waals surface area contributed by atoms with Crippen molar-refractivity contribution in [1.82, 2.24) is 9.61 Å². The highest BCUT2D eigenvalue weighted by molar-refractivity contribution is 6.29. The average molecular weight is 183 g/mol. The highest BCUT2D eigenvalue weighted by Gasteiger charge is 1.98. The Kier molecular flexibility index (Phi) is 1.66. The van der Waals surface area contributed by atoms with Gasteiger partial charge in [0.25, 0.3) is 0 Å². The van der Waals surface area contributed by atoms with E-state index in [9.17, 15) is 0 Å². The zero-order valence-electron chi connectivity index (χ0n) is 6.49. The lowest BCUT2D eigenvalue weighted by Gasteiger charge is -1.98. The van der Waals surface area contributed by atoms with Crippen molar-refractivity contribution >= 4 is 17.1 Å². The second kappa shape index (κ2) is 2.68. The van der Waals surface area contributed by atoms with Crippen LogP contribution in [-0.2, 0) is 0 Å². The molecule has 0 saturated carbocycles. The van der Waals surface area contributed by atoms with Crippen molar-refractivity contribution in [3.05, 3.63) is 29.5 Å². The summed E-state index contributed by atoms with van der Waals surface area (Å²) >= 11 is 5.71. The molecule has 0 aliphatic rings. The SMILES string of the molecule is COc1ccc2cc(Cl)nn2c1. The Hall–Kier alpha value is -1.22. The highest BCUT2D eigenvalue weighted by Crippen LogP contribution is 2.15. The minimum absolute atomic E-state index is 0.489. The first-order valence-corrected chi connectivity index (χ1v) is 3.86. The summed E-state index contributed by atoms with van der Waals surface area (Å²) in [5, 5.41) is 4.51. The quantitative estimate of drug-likeness (QED) is 0.675. The zero-order valence-corrected chi connectivity index (χ0v) is 7.25. The minimum Gasteiger partial charge on any atom is -0.495 e. The first kappa shape index (κ1) is 7.43. The van der Waals surface area contributed by atoms with Gasteiger partial charge < -0.3 is 4.74 Å². The molecule has 3 nitrogen and oxygen atoms in total. The van der Waals surface area contributed by atoms with Gasteiger partial charge in [-0.25, -0.2) is 4.52 Å². The number of ether oxygens (including phenoxy) is 1. The summed E-state index contributed by atoms with van der Waals surface area (Å²) in [4.78, 5) is 0. The van der Waals surface area contributed by atoms with Crippen LogP contribution in [0.15, 0.2) is 24.4 Å². The van der Waals surface area contributed by atoms with Crippen LogP contribution in [0.4, 0.5) is 0 Å². The Morgan fingerprint density at radius 2 is 2.33 bits per heavy atom. The maximum atomic E-state index is 5.71. The van der Waals surface area contributed by atoms with Gasteiger partial charge >= 0.3 is 0 Å². The molecule has 2 aromatic rings. The van der Waals surface area contributed by atoms with E-state index < -0.39 is 0 Å². The number of hydrogen-bond donors (Lipinski definition) is 0. The largest absolute Gasteiger partial charge is 0.495 e. The molecule has 0 N–H and O–H groups in total. The topological polar surface area (TPSA) is 26.5 Å². The van der Waals surface area contributed by atoms with Crippen molar-refractivity contribution in [1.29, 1.82) is 0 Å². The highest BCUT2D eigenvalue weighted by atomic mass is 35.5. The van der Waals surface area contributed by atoms with Crippen molar-refractivity contribution in [2.45, 2.75) is 0 Å². The summed E-state index contributed by atoms with van der Waals surface area (Å²) < 4.78 is 6.71. The molecule has 2 rings (SSSR count). The standard InChI is InChI=1S/C8H7ClN2O/c1-12-7-3-2-6-4-8(9)10-11(6)5-7/h2-5H,1H3. The van der Waals surface area contributed by atoms with E-state index in [0.29, 0.717) is 5.15 Å². The molecule has 0 amide bonds. The maximum absolute atomic E-state index is 5.71. The fraction of sp³-hybridized carbons (Fsp3) is 0.125. The molecule has 0 saturated heterocycles. The van der Waals surface area contributed by atoms with Crippen molar-refractivity contribution < 1.29 is 4.74 Å². The Morgan fingerprint density at radius 1 is 1.50 bits per heavy atom. The smallest absolute Gasteiger partial charge is 0.152 e. The fourth-order valence-corrected chi connectivity index (χ4v) is 1.25.